The van der Waals surface area contributed by atoms with Gasteiger partial charge in [-0.25, -0.2) is 0 Å². The van der Waals surface area contributed by atoms with Gasteiger partial charge in [0, 0.05) is 5.56 Å². The second kappa shape index (κ2) is 5.50. The Morgan fingerprint density at radius 3 is 2.20 bits per heavy atom. The van der Waals surface area contributed by atoms with Gasteiger partial charge >= 0.3 is 6.18 Å². The minimum atomic E-state index is -4.39. The average Bonchev–Trinajstić information content (AvgIpc) is 2.38. The van der Waals surface area contributed by atoms with Crippen LogP contribution in [0.25, 0.3) is 0 Å². The van der Waals surface area contributed by atoms with E-state index in [1.54, 1.807) is 24.3 Å². The van der Waals surface area contributed by atoms with Crippen molar-refractivity contribution in [2.24, 2.45) is 5.73 Å². The van der Waals surface area contributed by atoms with Crippen LogP contribution in [0.3, 0.4) is 0 Å². The largest absolute Gasteiger partial charge is 0.457 e. The highest BCUT2D eigenvalue weighted by molar-refractivity contribution is 7.80. The van der Waals surface area contributed by atoms with Crippen molar-refractivity contribution in [2.45, 2.75) is 6.18 Å². The molecule has 2 aromatic carbocycles. The van der Waals surface area contributed by atoms with Gasteiger partial charge in [0.15, 0.2) is 0 Å². The van der Waals surface area contributed by atoms with Crippen molar-refractivity contribution in [1.82, 2.24) is 0 Å². The number of alkyl halides is 3. The summed E-state index contributed by atoms with van der Waals surface area (Å²) in [6, 6.07) is 11.2. The number of nitrogens with two attached hydrogens (primary N) is 1. The molecule has 104 valence electrons. The van der Waals surface area contributed by atoms with Crippen LogP contribution in [0.5, 0.6) is 11.5 Å². The first-order chi connectivity index (χ1) is 9.36. The first-order valence-corrected chi connectivity index (χ1v) is 6.02. The lowest BCUT2D eigenvalue weighted by atomic mass is 10.2. The Kier molecular flexibility index (Phi) is 3.94. The minimum absolute atomic E-state index is 0.114. The Balaban J connectivity index is 2.20. The fourth-order valence-corrected chi connectivity index (χ4v) is 1.70. The number of hydrogen-bond acceptors (Lipinski definition) is 2. The molecule has 0 unspecified atom stereocenters. The number of halogens is 3. The van der Waals surface area contributed by atoms with Gasteiger partial charge in [0.05, 0.1) is 5.56 Å². The third-order valence-electron chi connectivity index (χ3n) is 2.54. The van der Waals surface area contributed by atoms with E-state index >= 15 is 0 Å². The van der Waals surface area contributed by atoms with Crippen molar-refractivity contribution in [3.05, 3.63) is 59.7 Å². The van der Waals surface area contributed by atoms with E-state index in [0.717, 1.165) is 12.1 Å². The Bertz CT molecular complexity index is 623. The van der Waals surface area contributed by atoms with Gasteiger partial charge in [-0.05, 0) is 42.5 Å². The van der Waals surface area contributed by atoms with Gasteiger partial charge in [-0.15, -0.1) is 0 Å². The molecule has 0 spiro atoms. The molecule has 0 saturated carbocycles. The van der Waals surface area contributed by atoms with Crippen molar-refractivity contribution < 1.29 is 17.9 Å². The SMILES string of the molecule is NC(=S)c1ccc(Oc2cccc(C(F)(F)F)c2)cc1. The van der Waals surface area contributed by atoms with E-state index in [1.165, 1.54) is 12.1 Å². The molecule has 6 heteroatoms. The lowest BCUT2D eigenvalue weighted by Crippen LogP contribution is -2.08. The second-order valence-corrected chi connectivity index (χ2v) is 4.46. The molecule has 0 heterocycles. The molecule has 0 aliphatic rings. The molecule has 0 aliphatic heterocycles. The van der Waals surface area contributed by atoms with Crippen LogP contribution in [0.1, 0.15) is 11.1 Å². The Hall–Kier alpha value is -2.08. The normalized spacial score (nSPS) is 11.2. The maximum absolute atomic E-state index is 12.6. The third-order valence-corrected chi connectivity index (χ3v) is 2.77. The molecule has 2 nitrogen and oxygen atoms in total. The number of benzene rings is 2. The van der Waals surface area contributed by atoms with Crippen molar-refractivity contribution in [3.63, 3.8) is 0 Å². The minimum Gasteiger partial charge on any atom is -0.457 e. The Labute approximate surface area is 119 Å². The van der Waals surface area contributed by atoms with Gasteiger partial charge in [0.1, 0.15) is 16.5 Å². The molecule has 2 aromatic rings. The highest BCUT2D eigenvalue weighted by Gasteiger charge is 2.30. The quantitative estimate of drug-likeness (QED) is 0.865. The fraction of sp³-hybridized carbons (Fsp3) is 0.0714. The van der Waals surface area contributed by atoms with E-state index < -0.39 is 11.7 Å². The van der Waals surface area contributed by atoms with E-state index in [-0.39, 0.29) is 10.7 Å². The Morgan fingerprint density at radius 1 is 1.00 bits per heavy atom. The first-order valence-electron chi connectivity index (χ1n) is 5.61. The van der Waals surface area contributed by atoms with Crippen LogP contribution in [0.15, 0.2) is 48.5 Å². The molecule has 0 saturated heterocycles. The predicted octanol–water partition coefficient (Wildman–Crippen LogP) is 4.13. The zero-order valence-electron chi connectivity index (χ0n) is 10.1. The van der Waals surface area contributed by atoms with Crippen molar-refractivity contribution in [3.8, 4) is 11.5 Å². The van der Waals surface area contributed by atoms with Gasteiger partial charge < -0.3 is 10.5 Å². The standard InChI is InChI=1S/C14H10F3NOS/c15-14(16,17)10-2-1-3-12(8-10)19-11-6-4-9(5-7-11)13(18)20/h1-8H,(H2,18,20). The topological polar surface area (TPSA) is 35.2 Å². The molecule has 2 rings (SSSR count). The molecule has 0 aromatic heterocycles. The number of rotatable bonds is 3. The van der Waals surface area contributed by atoms with Crippen molar-refractivity contribution in [2.75, 3.05) is 0 Å². The Morgan fingerprint density at radius 2 is 1.65 bits per heavy atom. The van der Waals surface area contributed by atoms with E-state index in [9.17, 15) is 13.2 Å². The van der Waals surface area contributed by atoms with E-state index in [4.69, 9.17) is 22.7 Å². The fourth-order valence-electron chi connectivity index (χ4n) is 1.56. The van der Waals surface area contributed by atoms with Crippen LogP contribution < -0.4 is 10.5 Å². The van der Waals surface area contributed by atoms with E-state index in [2.05, 4.69) is 0 Å². The van der Waals surface area contributed by atoms with Gasteiger partial charge in [0.25, 0.3) is 0 Å². The van der Waals surface area contributed by atoms with Gasteiger partial charge in [0.2, 0.25) is 0 Å². The van der Waals surface area contributed by atoms with Crippen LogP contribution in [0.4, 0.5) is 13.2 Å². The van der Waals surface area contributed by atoms with Crippen LogP contribution in [0.2, 0.25) is 0 Å². The third kappa shape index (κ3) is 3.48. The molecule has 0 fully saturated rings. The summed E-state index contributed by atoms with van der Waals surface area (Å²) in [5.41, 5.74) is 5.36. The summed E-state index contributed by atoms with van der Waals surface area (Å²) in [5.74, 6) is 0.521. The lowest BCUT2D eigenvalue weighted by molar-refractivity contribution is -0.137. The summed E-state index contributed by atoms with van der Waals surface area (Å²) >= 11 is 4.81. The van der Waals surface area contributed by atoms with Crippen molar-refractivity contribution >= 4 is 17.2 Å². The van der Waals surface area contributed by atoms with Gasteiger partial charge in [-0.2, -0.15) is 13.2 Å². The molecule has 0 aliphatic carbocycles. The summed E-state index contributed by atoms with van der Waals surface area (Å²) in [5, 5.41) is 0. The van der Waals surface area contributed by atoms with Crippen LogP contribution in [0, 0.1) is 0 Å². The molecule has 0 amide bonds. The van der Waals surface area contributed by atoms with Crippen LogP contribution >= 0.6 is 12.2 Å². The lowest BCUT2D eigenvalue weighted by Gasteiger charge is -2.10. The molecule has 20 heavy (non-hydrogen) atoms. The number of thiocarbonyl (C=S) groups is 1. The molecule has 0 radical (unpaired) electrons. The van der Waals surface area contributed by atoms with Gasteiger partial charge in [-0.1, -0.05) is 18.3 Å². The average molecular weight is 297 g/mol. The first kappa shape index (κ1) is 14.3. The zero-order chi connectivity index (χ0) is 14.8. The highest BCUT2D eigenvalue weighted by Crippen LogP contribution is 2.32. The molecular weight excluding hydrogens is 287 g/mol. The van der Waals surface area contributed by atoms with Crippen LogP contribution in [-0.2, 0) is 6.18 Å². The zero-order valence-corrected chi connectivity index (χ0v) is 11.0. The summed E-state index contributed by atoms with van der Waals surface area (Å²) in [6.07, 6.45) is -4.39. The number of hydrogen-bond donors (Lipinski definition) is 1. The summed E-state index contributed by atoms with van der Waals surface area (Å²) in [6.45, 7) is 0. The summed E-state index contributed by atoms with van der Waals surface area (Å²) in [7, 11) is 0. The molecule has 2 N–H and O–H groups in total. The highest BCUT2D eigenvalue weighted by atomic mass is 32.1. The predicted molar refractivity (Wildman–Crippen MR) is 73.8 cm³/mol. The summed E-state index contributed by atoms with van der Waals surface area (Å²) in [4.78, 5) is 0.246. The van der Waals surface area contributed by atoms with E-state index in [1.807, 2.05) is 0 Å². The maximum atomic E-state index is 12.6. The molecule has 0 atom stereocenters. The van der Waals surface area contributed by atoms with E-state index in [0.29, 0.717) is 11.3 Å². The van der Waals surface area contributed by atoms with Crippen LogP contribution in [-0.4, -0.2) is 4.99 Å². The van der Waals surface area contributed by atoms with Gasteiger partial charge in [-0.3, -0.25) is 0 Å². The second-order valence-electron chi connectivity index (χ2n) is 4.02. The smallest absolute Gasteiger partial charge is 0.416 e. The molecular formula is C14H10F3NOS. The monoisotopic (exact) mass is 297 g/mol. The number of ether oxygens (including phenoxy) is 1. The maximum Gasteiger partial charge on any atom is 0.416 e. The van der Waals surface area contributed by atoms with Crippen molar-refractivity contribution in [1.29, 1.82) is 0 Å². The summed E-state index contributed by atoms with van der Waals surface area (Å²) < 4.78 is 43.1. The molecule has 0 bridgehead atoms.